The maximum atomic E-state index is 11.9. The first-order chi connectivity index (χ1) is 11.6. The van der Waals surface area contributed by atoms with Crippen molar-refractivity contribution in [3.05, 3.63) is 29.8 Å². The average molecular weight is 361 g/mol. The van der Waals surface area contributed by atoms with Gasteiger partial charge in [-0.15, -0.1) is 0 Å². The van der Waals surface area contributed by atoms with Gasteiger partial charge in [0.2, 0.25) is 11.8 Å². The summed E-state index contributed by atoms with van der Waals surface area (Å²) in [5, 5.41) is 14.4. The van der Waals surface area contributed by atoms with Crippen LogP contribution in [0.15, 0.2) is 24.3 Å². The number of hydrogen-bond acceptors (Lipinski definition) is 4. The molecule has 0 saturated heterocycles. The lowest BCUT2D eigenvalue weighted by atomic mass is 10.2. The second-order valence-electron chi connectivity index (χ2n) is 4.77. The van der Waals surface area contributed by atoms with Gasteiger partial charge < -0.3 is 21.1 Å². The van der Waals surface area contributed by atoms with Crippen molar-refractivity contribution in [1.29, 1.82) is 0 Å². The van der Waals surface area contributed by atoms with E-state index < -0.39 is 49.4 Å². The van der Waals surface area contributed by atoms with Gasteiger partial charge >= 0.3 is 12.1 Å². The Balaban J connectivity index is 2.49. The number of anilines is 1. The number of rotatable bonds is 7. The molecule has 136 valence electrons. The van der Waals surface area contributed by atoms with Gasteiger partial charge in [0, 0.05) is 11.3 Å². The lowest BCUT2D eigenvalue weighted by Gasteiger charge is -2.09. The molecule has 11 heteroatoms. The van der Waals surface area contributed by atoms with Gasteiger partial charge in [-0.1, -0.05) is 0 Å². The zero-order valence-electron chi connectivity index (χ0n) is 12.6. The predicted molar refractivity (Wildman–Crippen MR) is 78.7 cm³/mol. The molecule has 3 amide bonds. The molecule has 0 spiro atoms. The fraction of sp³-hybridized carbons (Fsp3) is 0.286. The number of carbonyl (C=O) groups is 4. The van der Waals surface area contributed by atoms with Crippen LogP contribution < -0.4 is 16.0 Å². The molecule has 0 aliphatic rings. The maximum absolute atomic E-state index is 11.9. The Kier molecular flexibility index (Phi) is 6.91. The highest BCUT2D eigenvalue weighted by Gasteiger charge is 2.28. The molecule has 0 heterocycles. The molecule has 1 rings (SSSR count). The van der Waals surface area contributed by atoms with E-state index in [-0.39, 0.29) is 11.3 Å². The molecule has 1 aromatic carbocycles. The third-order valence-electron chi connectivity index (χ3n) is 2.64. The Morgan fingerprint density at radius 2 is 1.56 bits per heavy atom. The van der Waals surface area contributed by atoms with Gasteiger partial charge in [0.1, 0.15) is 19.5 Å². The quantitative estimate of drug-likeness (QED) is 0.527. The first-order valence-electron chi connectivity index (χ1n) is 6.80. The minimum absolute atomic E-state index is 0.141. The molecule has 0 aliphatic carbocycles. The van der Waals surface area contributed by atoms with Crippen molar-refractivity contribution in [2.45, 2.75) is 12.6 Å². The number of benzene rings is 1. The molecular weight excluding hydrogens is 347 g/mol. The Hall–Kier alpha value is -3.11. The molecule has 8 nitrogen and oxygen atoms in total. The molecule has 0 unspecified atom stereocenters. The van der Waals surface area contributed by atoms with Crippen LogP contribution in [0, 0.1) is 0 Å². The molecule has 0 bridgehead atoms. The number of alkyl halides is 3. The number of carbonyl (C=O) groups excluding carboxylic acids is 3. The van der Waals surface area contributed by atoms with Crippen molar-refractivity contribution in [3.8, 4) is 0 Å². The van der Waals surface area contributed by atoms with Crippen LogP contribution in [0.3, 0.4) is 0 Å². The van der Waals surface area contributed by atoms with Crippen molar-refractivity contribution < 1.29 is 37.5 Å². The van der Waals surface area contributed by atoms with E-state index in [0.29, 0.717) is 0 Å². The highest BCUT2D eigenvalue weighted by atomic mass is 19.4. The summed E-state index contributed by atoms with van der Waals surface area (Å²) in [6.45, 7) is -2.08. The molecule has 4 N–H and O–H groups in total. The van der Waals surface area contributed by atoms with Crippen molar-refractivity contribution in [2.24, 2.45) is 0 Å². The van der Waals surface area contributed by atoms with Crippen molar-refractivity contribution in [2.75, 3.05) is 18.4 Å². The third-order valence-corrected chi connectivity index (χ3v) is 2.64. The first-order valence-corrected chi connectivity index (χ1v) is 6.80. The van der Waals surface area contributed by atoms with Crippen LogP contribution in [-0.2, 0) is 14.4 Å². The highest BCUT2D eigenvalue weighted by Crippen LogP contribution is 2.12. The topological polar surface area (TPSA) is 125 Å². The van der Waals surface area contributed by atoms with Crippen molar-refractivity contribution in [1.82, 2.24) is 10.6 Å². The zero-order valence-corrected chi connectivity index (χ0v) is 12.6. The minimum atomic E-state index is -4.57. The van der Waals surface area contributed by atoms with E-state index in [4.69, 9.17) is 5.11 Å². The highest BCUT2D eigenvalue weighted by molar-refractivity contribution is 6.04. The maximum Gasteiger partial charge on any atom is 0.405 e. The Bertz CT molecular complexity index is 659. The monoisotopic (exact) mass is 361 g/mol. The van der Waals surface area contributed by atoms with Crippen LogP contribution in [-0.4, -0.2) is 48.1 Å². The second kappa shape index (κ2) is 8.66. The van der Waals surface area contributed by atoms with E-state index in [1.807, 2.05) is 0 Å². The fourth-order valence-corrected chi connectivity index (χ4v) is 1.58. The summed E-state index contributed by atoms with van der Waals surface area (Å²) < 4.78 is 35.8. The SMILES string of the molecule is O=C(O)CNC(=O)c1ccc(NC(=O)CC(=O)NCC(F)(F)F)cc1. The van der Waals surface area contributed by atoms with Crippen LogP contribution in [0.25, 0.3) is 0 Å². The number of carboxylic acid groups (broad SMARTS) is 1. The van der Waals surface area contributed by atoms with E-state index in [9.17, 15) is 32.3 Å². The third kappa shape index (κ3) is 8.34. The molecule has 1 aromatic rings. The summed E-state index contributed by atoms with van der Waals surface area (Å²) in [5.74, 6) is -3.75. The Labute approximate surface area is 139 Å². The molecule has 0 atom stereocenters. The van der Waals surface area contributed by atoms with E-state index in [1.54, 1.807) is 5.32 Å². The summed E-state index contributed by atoms with van der Waals surface area (Å²) in [6.07, 6.45) is -5.36. The lowest BCUT2D eigenvalue weighted by Crippen LogP contribution is -2.35. The number of carboxylic acids is 1. The number of hydrogen-bond donors (Lipinski definition) is 4. The lowest BCUT2D eigenvalue weighted by molar-refractivity contribution is -0.140. The van der Waals surface area contributed by atoms with Gasteiger partial charge in [0.25, 0.3) is 5.91 Å². The summed E-state index contributed by atoms with van der Waals surface area (Å²) in [5.41, 5.74) is 0.352. The minimum Gasteiger partial charge on any atom is -0.480 e. The molecule has 0 radical (unpaired) electrons. The van der Waals surface area contributed by atoms with Crippen LogP contribution in [0.4, 0.5) is 18.9 Å². The van der Waals surface area contributed by atoms with Crippen molar-refractivity contribution in [3.63, 3.8) is 0 Å². The Morgan fingerprint density at radius 1 is 0.960 bits per heavy atom. The average Bonchev–Trinajstić information content (AvgIpc) is 2.50. The second-order valence-corrected chi connectivity index (χ2v) is 4.77. The van der Waals surface area contributed by atoms with E-state index in [1.165, 1.54) is 24.3 Å². The summed E-state index contributed by atoms with van der Waals surface area (Å²) in [7, 11) is 0. The normalized spacial score (nSPS) is 10.7. The van der Waals surface area contributed by atoms with Crippen LogP contribution in [0.1, 0.15) is 16.8 Å². The molecule has 0 aromatic heterocycles. The standard InChI is InChI=1S/C14H14F3N3O5/c15-14(16,17)7-19-10(21)5-11(22)20-9-3-1-8(2-4-9)13(25)18-6-12(23)24/h1-4H,5-7H2,(H,18,25)(H,19,21)(H,20,22)(H,23,24). The predicted octanol–water partition coefficient (Wildman–Crippen LogP) is 0.508. The molecule has 0 fully saturated rings. The van der Waals surface area contributed by atoms with Crippen LogP contribution in [0.2, 0.25) is 0 Å². The summed E-state index contributed by atoms with van der Waals surface area (Å²) in [6, 6.07) is 5.25. The van der Waals surface area contributed by atoms with Crippen LogP contribution in [0.5, 0.6) is 0 Å². The van der Waals surface area contributed by atoms with Gasteiger partial charge in [0.05, 0.1) is 0 Å². The number of amides is 3. The Morgan fingerprint density at radius 3 is 2.08 bits per heavy atom. The fourth-order valence-electron chi connectivity index (χ4n) is 1.58. The van der Waals surface area contributed by atoms with Gasteiger partial charge in [-0.25, -0.2) is 0 Å². The van der Waals surface area contributed by atoms with E-state index in [0.717, 1.165) is 0 Å². The molecule has 25 heavy (non-hydrogen) atoms. The first kappa shape index (κ1) is 19.9. The van der Waals surface area contributed by atoms with Gasteiger partial charge in [-0.2, -0.15) is 13.2 Å². The zero-order chi connectivity index (χ0) is 19.0. The number of halogens is 3. The summed E-state index contributed by atoms with van der Waals surface area (Å²) >= 11 is 0. The smallest absolute Gasteiger partial charge is 0.405 e. The van der Waals surface area contributed by atoms with Gasteiger partial charge in [-0.3, -0.25) is 19.2 Å². The van der Waals surface area contributed by atoms with Gasteiger partial charge in [-0.05, 0) is 24.3 Å². The molecule has 0 saturated carbocycles. The molecular formula is C14H14F3N3O5. The van der Waals surface area contributed by atoms with E-state index in [2.05, 4.69) is 10.6 Å². The molecule has 0 aliphatic heterocycles. The van der Waals surface area contributed by atoms with Crippen LogP contribution >= 0.6 is 0 Å². The van der Waals surface area contributed by atoms with Gasteiger partial charge in [0.15, 0.2) is 0 Å². The van der Waals surface area contributed by atoms with E-state index >= 15 is 0 Å². The number of aliphatic carboxylic acids is 1. The van der Waals surface area contributed by atoms with Crippen molar-refractivity contribution >= 4 is 29.4 Å². The summed E-state index contributed by atoms with van der Waals surface area (Å²) in [4.78, 5) is 44.7. The largest absolute Gasteiger partial charge is 0.480 e. The number of nitrogens with one attached hydrogen (secondary N) is 3.